The molecule has 3 fully saturated rings. The van der Waals surface area contributed by atoms with Gasteiger partial charge in [-0.3, -0.25) is 28.5 Å². The summed E-state index contributed by atoms with van der Waals surface area (Å²) in [7, 11) is 2.98. The van der Waals surface area contributed by atoms with Crippen molar-refractivity contribution in [2.24, 2.45) is 14.1 Å². The Kier molecular flexibility index (Phi) is 4.60. The Hall–Kier alpha value is -2.46. The Morgan fingerprint density at radius 2 is 1.93 bits per heavy atom. The summed E-state index contributed by atoms with van der Waals surface area (Å²) in [6.45, 7) is 6.21. The van der Waals surface area contributed by atoms with Crippen LogP contribution in [0.25, 0.3) is 11.2 Å². The van der Waals surface area contributed by atoms with E-state index in [1.807, 2.05) is 0 Å². The van der Waals surface area contributed by atoms with Crippen LogP contribution >= 0.6 is 0 Å². The first-order chi connectivity index (χ1) is 13.0. The van der Waals surface area contributed by atoms with Crippen LogP contribution in [0, 0.1) is 0 Å². The second kappa shape index (κ2) is 6.93. The quantitative estimate of drug-likeness (QED) is 0.646. The van der Waals surface area contributed by atoms with Gasteiger partial charge in [0.1, 0.15) is 6.54 Å². The number of nitrogens with zero attached hydrogens (tertiary/aromatic N) is 6. The summed E-state index contributed by atoms with van der Waals surface area (Å²) >= 11 is 0. The fourth-order valence-corrected chi connectivity index (χ4v) is 4.10. The highest BCUT2D eigenvalue weighted by atomic mass is 16.2. The van der Waals surface area contributed by atoms with Gasteiger partial charge in [0.2, 0.25) is 5.91 Å². The van der Waals surface area contributed by atoms with Crippen LogP contribution in [-0.4, -0.2) is 79.7 Å². The smallest absolute Gasteiger partial charge is 0.332 e. The molecule has 3 aliphatic heterocycles. The van der Waals surface area contributed by atoms with Crippen molar-refractivity contribution in [2.45, 2.75) is 19.0 Å². The van der Waals surface area contributed by atoms with Gasteiger partial charge in [-0.05, 0) is 6.42 Å². The topological polar surface area (TPSA) is 97.4 Å². The van der Waals surface area contributed by atoms with Crippen molar-refractivity contribution in [1.82, 2.24) is 33.8 Å². The normalized spacial score (nSPS) is 24.4. The van der Waals surface area contributed by atoms with Gasteiger partial charge in [-0.15, -0.1) is 0 Å². The number of carbonyl (C=O) groups excluding carboxylic acids is 1. The molecule has 1 amide bonds. The Morgan fingerprint density at radius 1 is 1.19 bits per heavy atom. The number of fused-ring (bicyclic) bond motifs is 4. The SMILES string of the molecule is Cn1c(=O)c2c(ncn2CC(=O)NCCC2CN3CCN2CC3)n(C)c1=O. The van der Waals surface area contributed by atoms with Crippen LogP contribution in [0.3, 0.4) is 0 Å². The molecule has 10 heteroatoms. The molecule has 0 saturated carbocycles. The minimum Gasteiger partial charge on any atom is -0.354 e. The van der Waals surface area contributed by atoms with Crippen LogP contribution in [0.2, 0.25) is 0 Å². The summed E-state index contributed by atoms with van der Waals surface area (Å²) in [5, 5.41) is 2.94. The van der Waals surface area contributed by atoms with Crippen molar-refractivity contribution >= 4 is 17.1 Å². The lowest BCUT2D eigenvalue weighted by atomic mass is 10.1. The Bertz CT molecular complexity index is 981. The number of rotatable bonds is 5. The van der Waals surface area contributed by atoms with E-state index in [1.165, 1.54) is 22.5 Å². The van der Waals surface area contributed by atoms with Gasteiger partial charge in [-0.2, -0.15) is 0 Å². The molecule has 0 aliphatic carbocycles. The van der Waals surface area contributed by atoms with Crippen molar-refractivity contribution in [1.29, 1.82) is 0 Å². The summed E-state index contributed by atoms with van der Waals surface area (Å²) in [6, 6.07) is 0.503. The summed E-state index contributed by atoms with van der Waals surface area (Å²) < 4.78 is 3.84. The van der Waals surface area contributed by atoms with E-state index in [0.717, 1.165) is 43.7 Å². The molecule has 146 valence electrons. The Labute approximate surface area is 156 Å². The van der Waals surface area contributed by atoms with E-state index in [0.29, 0.717) is 12.6 Å². The van der Waals surface area contributed by atoms with Gasteiger partial charge in [0.25, 0.3) is 5.56 Å². The zero-order valence-corrected chi connectivity index (χ0v) is 15.7. The number of nitrogens with one attached hydrogen (secondary N) is 1. The van der Waals surface area contributed by atoms with Crippen LogP contribution in [-0.2, 0) is 25.4 Å². The van der Waals surface area contributed by atoms with Crippen molar-refractivity contribution in [3.8, 4) is 0 Å². The molecule has 0 radical (unpaired) electrons. The largest absolute Gasteiger partial charge is 0.354 e. The monoisotopic (exact) mass is 375 g/mol. The molecular formula is C17H25N7O3. The van der Waals surface area contributed by atoms with E-state index < -0.39 is 11.2 Å². The minimum absolute atomic E-state index is 0.00441. The summed E-state index contributed by atoms with van der Waals surface area (Å²) in [5.74, 6) is -0.165. The average molecular weight is 375 g/mol. The van der Waals surface area contributed by atoms with E-state index in [4.69, 9.17) is 0 Å². The van der Waals surface area contributed by atoms with E-state index in [9.17, 15) is 14.4 Å². The number of imidazole rings is 1. The summed E-state index contributed by atoms with van der Waals surface area (Å²) in [6.07, 6.45) is 2.35. The molecule has 1 unspecified atom stereocenters. The van der Waals surface area contributed by atoms with Crippen LogP contribution in [0.4, 0.5) is 0 Å². The Balaban J connectivity index is 1.40. The number of aryl methyl sites for hydroxylation is 1. The molecule has 0 aromatic carbocycles. The van der Waals surface area contributed by atoms with Crippen molar-refractivity contribution < 1.29 is 4.79 Å². The van der Waals surface area contributed by atoms with Gasteiger partial charge >= 0.3 is 5.69 Å². The highest BCUT2D eigenvalue weighted by molar-refractivity contribution is 5.78. The molecule has 5 heterocycles. The molecule has 3 saturated heterocycles. The molecule has 3 aliphatic rings. The predicted molar refractivity (Wildman–Crippen MR) is 99.6 cm³/mol. The molecule has 2 aromatic rings. The van der Waals surface area contributed by atoms with Gasteiger partial charge in [0.15, 0.2) is 11.2 Å². The van der Waals surface area contributed by atoms with Crippen LogP contribution < -0.4 is 16.6 Å². The maximum Gasteiger partial charge on any atom is 0.332 e. The molecular weight excluding hydrogens is 350 g/mol. The summed E-state index contributed by atoms with van der Waals surface area (Å²) in [4.78, 5) is 45.8. The number of amides is 1. The second-order valence-electron chi connectivity index (χ2n) is 7.38. The minimum atomic E-state index is -0.446. The standard InChI is InChI=1S/C17H25N7O3/c1-20-15-14(16(26)21(2)17(20)27)24(11-19-15)10-13(25)18-4-3-12-9-22-5-7-23(12)8-6-22/h11-12H,3-10H2,1-2H3,(H,18,25). The van der Waals surface area contributed by atoms with Gasteiger partial charge in [-0.25, -0.2) is 9.78 Å². The zero-order chi connectivity index (χ0) is 19.1. The number of carbonyl (C=O) groups is 1. The number of hydrogen-bond acceptors (Lipinski definition) is 6. The molecule has 1 atom stereocenters. The molecule has 10 nitrogen and oxygen atoms in total. The van der Waals surface area contributed by atoms with Crippen LogP contribution in [0.1, 0.15) is 6.42 Å². The molecule has 27 heavy (non-hydrogen) atoms. The van der Waals surface area contributed by atoms with Crippen molar-refractivity contribution in [3.63, 3.8) is 0 Å². The van der Waals surface area contributed by atoms with Gasteiger partial charge < -0.3 is 9.88 Å². The third kappa shape index (κ3) is 3.19. The lowest BCUT2D eigenvalue weighted by molar-refractivity contribution is -0.121. The summed E-state index contributed by atoms with van der Waals surface area (Å²) in [5.41, 5.74) is -0.331. The van der Waals surface area contributed by atoms with Crippen molar-refractivity contribution in [3.05, 3.63) is 27.2 Å². The molecule has 0 spiro atoms. The third-order valence-corrected chi connectivity index (χ3v) is 5.72. The predicted octanol–water partition coefficient (Wildman–Crippen LogP) is -2.06. The number of aromatic nitrogens is 4. The first-order valence-corrected chi connectivity index (χ1v) is 9.29. The molecule has 2 bridgehead atoms. The van der Waals surface area contributed by atoms with Crippen LogP contribution in [0.15, 0.2) is 15.9 Å². The highest BCUT2D eigenvalue weighted by Crippen LogP contribution is 2.17. The Morgan fingerprint density at radius 3 is 2.59 bits per heavy atom. The third-order valence-electron chi connectivity index (χ3n) is 5.72. The first-order valence-electron chi connectivity index (χ1n) is 9.29. The van der Waals surface area contributed by atoms with Crippen molar-refractivity contribution in [2.75, 3.05) is 39.3 Å². The number of piperazine rings is 3. The molecule has 2 aromatic heterocycles. The molecule has 5 rings (SSSR count). The van der Waals surface area contributed by atoms with E-state index in [1.54, 1.807) is 7.05 Å². The highest BCUT2D eigenvalue weighted by Gasteiger charge is 2.31. The lowest BCUT2D eigenvalue weighted by Gasteiger charge is -2.47. The first kappa shape index (κ1) is 17.9. The maximum absolute atomic E-state index is 12.4. The van der Waals surface area contributed by atoms with E-state index in [2.05, 4.69) is 20.1 Å². The van der Waals surface area contributed by atoms with E-state index >= 15 is 0 Å². The van der Waals surface area contributed by atoms with Crippen LogP contribution in [0.5, 0.6) is 0 Å². The fraction of sp³-hybridized carbons (Fsp3) is 0.647. The maximum atomic E-state index is 12.4. The van der Waals surface area contributed by atoms with E-state index in [-0.39, 0.29) is 23.6 Å². The molecule has 1 N–H and O–H groups in total. The number of hydrogen-bond donors (Lipinski definition) is 1. The van der Waals surface area contributed by atoms with Gasteiger partial charge in [0, 0.05) is 59.4 Å². The van der Waals surface area contributed by atoms with Gasteiger partial charge in [0.05, 0.1) is 6.33 Å². The lowest BCUT2D eigenvalue weighted by Crippen LogP contribution is -2.61. The van der Waals surface area contributed by atoms with Gasteiger partial charge in [-0.1, -0.05) is 0 Å². The fourth-order valence-electron chi connectivity index (χ4n) is 4.10. The second-order valence-corrected chi connectivity index (χ2v) is 7.38. The average Bonchev–Trinajstić information content (AvgIpc) is 3.09. The zero-order valence-electron chi connectivity index (χ0n) is 15.7.